The zero-order valence-corrected chi connectivity index (χ0v) is 13.5. The van der Waals surface area contributed by atoms with Crippen LogP contribution in [0.1, 0.15) is 16.8 Å². The Balaban J connectivity index is 2.01. The van der Waals surface area contributed by atoms with Crippen LogP contribution in [0, 0.1) is 18.8 Å². The second kappa shape index (κ2) is 6.39. The van der Waals surface area contributed by atoms with Gasteiger partial charge >= 0.3 is 0 Å². The van der Waals surface area contributed by atoms with Crippen LogP contribution in [0.25, 0.3) is 11.0 Å². The Morgan fingerprint density at radius 2 is 2.12 bits per heavy atom. The van der Waals surface area contributed by atoms with E-state index in [1.165, 1.54) is 6.08 Å². The van der Waals surface area contributed by atoms with Crippen molar-refractivity contribution in [3.05, 3.63) is 66.3 Å². The molecule has 5 heteroatoms. The molecule has 118 valence electrons. The van der Waals surface area contributed by atoms with E-state index in [9.17, 15) is 4.79 Å². The van der Waals surface area contributed by atoms with Crippen LogP contribution in [0.3, 0.4) is 0 Å². The summed E-state index contributed by atoms with van der Waals surface area (Å²) >= 11 is 0. The highest BCUT2D eigenvalue weighted by atomic mass is 16.1. The van der Waals surface area contributed by atoms with Gasteiger partial charge in [-0.25, -0.2) is 9.97 Å². The van der Waals surface area contributed by atoms with Gasteiger partial charge in [0.15, 0.2) is 0 Å². The van der Waals surface area contributed by atoms with Gasteiger partial charge in [0.05, 0.1) is 17.4 Å². The first-order valence-electron chi connectivity index (χ1n) is 7.40. The highest BCUT2D eigenvalue weighted by Crippen LogP contribution is 2.21. The average Bonchev–Trinajstić information content (AvgIpc) is 2.90. The summed E-state index contributed by atoms with van der Waals surface area (Å²) in [4.78, 5) is 20.1. The number of nitrogens with zero attached hydrogens (tertiary/aromatic N) is 3. The maximum atomic E-state index is 11.4. The predicted molar refractivity (Wildman–Crippen MR) is 94.5 cm³/mol. The molecule has 0 atom stereocenters. The van der Waals surface area contributed by atoms with Gasteiger partial charge in [0, 0.05) is 24.8 Å². The highest BCUT2D eigenvalue weighted by molar-refractivity contribution is 6.00. The lowest BCUT2D eigenvalue weighted by molar-refractivity contribution is -0.111. The molecule has 0 radical (unpaired) electrons. The molecule has 0 aliphatic carbocycles. The van der Waals surface area contributed by atoms with Gasteiger partial charge < -0.3 is 9.88 Å². The van der Waals surface area contributed by atoms with E-state index in [-0.39, 0.29) is 5.91 Å². The summed E-state index contributed by atoms with van der Waals surface area (Å²) in [6.45, 7) is 5.43. The second-order valence-corrected chi connectivity index (χ2v) is 5.41. The number of aryl methyl sites for hydroxylation is 2. The minimum Gasteiger partial charge on any atom is -0.334 e. The average molecular weight is 316 g/mol. The van der Waals surface area contributed by atoms with E-state index in [0.29, 0.717) is 11.4 Å². The number of carbonyl (C=O) groups is 1. The number of fused-ring (bicyclic) bond motifs is 1. The Morgan fingerprint density at radius 3 is 2.83 bits per heavy atom. The number of carbonyl (C=O) groups excluding carboxylic acids is 1. The van der Waals surface area contributed by atoms with Crippen LogP contribution in [0.2, 0.25) is 0 Å². The number of hydrogen-bond donors (Lipinski definition) is 1. The fraction of sp³-hybridized carbons (Fsp3) is 0.105. The van der Waals surface area contributed by atoms with E-state index < -0.39 is 0 Å². The maximum Gasteiger partial charge on any atom is 0.247 e. The number of pyridine rings is 2. The molecule has 5 nitrogen and oxygen atoms in total. The van der Waals surface area contributed by atoms with Crippen LogP contribution in [-0.4, -0.2) is 20.4 Å². The van der Waals surface area contributed by atoms with Crippen molar-refractivity contribution in [2.45, 2.75) is 6.92 Å². The van der Waals surface area contributed by atoms with Crippen LogP contribution in [0.15, 0.2) is 49.4 Å². The van der Waals surface area contributed by atoms with Gasteiger partial charge in [-0.3, -0.25) is 4.79 Å². The van der Waals surface area contributed by atoms with Crippen molar-refractivity contribution in [2.24, 2.45) is 7.05 Å². The van der Waals surface area contributed by atoms with Gasteiger partial charge in [0.25, 0.3) is 0 Å². The number of hydrogen-bond acceptors (Lipinski definition) is 3. The lowest BCUT2D eigenvalue weighted by Gasteiger charge is -2.02. The number of rotatable bonds is 2. The van der Waals surface area contributed by atoms with Crippen LogP contribution >= 0.6 is 0 Å². The topological polar surface area (TPSA) is 59.8 Å². The molecule has 0 aromatic carbocycles. The van der Waals surface area contributed by atoms with Crippen molar-refractivity contribution in [3.8, 4) is 11.8 Å². The zero-order chi connectivity index (χ0) is 17.1. The van der Waals surface area contributed by atoms with Crippen LogP contribution in [0.4, 0.5) is 5.69 Å². The van der Waals surface area contributed by atoms with E-state index in [4.69, 9.17) is 0 Å². The van der Waals surface area contributed by atoms with Crippen LogP contribution in [-0.2, 0) is 11.8 Å². The van der Waals surface area contributed by atoms with Gasteiger partial charge in [0.1, 0.15) is 11.3 Å². The Labute approximate surface area is 140 Å². The van der Waals surface area contributed by atoms with Crippen molar-refractivity contribution in [2.75, 3.05) is 5.32 Å². The Morgan fingerprint density at radius 1 is 1.29 bits per heavy atom. The van der Waals surface area contributed by atoms with E-state index in [0.717, 1.165) is 22.2 Å². The Kier molecular flexibility index (Phi) is 4.13. The van der Waals surface area contributed by atoms with Crippen LogP contribution in [0.5, 0.6) is 0 Å². The summed E-state index contributed by atoms with van der Waals surface area (Å²) in [7, 11) is 1.91. The molecular formula is C19H16N4O. The molecule has 0 unspecified atom stereocenters. The van der Waals surface area contributed by atoms with Gasteiger partial charge in [-0.1, -0.05) is 18.6 Å². The molecule has 3 rings (SSSR count). The molecule has 0 bridgehead atoms. The van der Waals surface area contributed by atoms with Gasteiger partial charge in [-0.15, -0.1) is 0 Å². The van der Waals surface area contributed by atoms with Crippen molar-refractivity contribution < 1.29 is 4.79 Å². The van der Waals surface area contributed by atoms with E-state index in [1.54, 1.807) is 12.4 Å². The van der Waals surface area contributed by atoms with E-state index in [2.05, 4.69) is 33.7 Å². The predicted octanol–water partition coefficient (Wildman–Crippen LogP) is 2.80. The molecule has 0 fully saturated rings. The number of nitrogens with one attached hydrogen (secondary N) is 1. The number of anilines is 1. The first kappa shape index (κ1) is 15.5. The molecule has 24 heavy (non-hydrogen) atoms. The first-order valence-corrected chi connectivity index (χ1v) is 7.40. The molecule has 0 aliphatic rings. The van der Waals surface area contributed by atoms with Gasteiger partial charge in [0.2, 0.25) is 5.91 Å². The van der Waals surface area contributed by atoms with E-state index in [1.807, 2.05) is 42.9 Å². The lowest BCUT2D eigenvalue weighted by atomic mass is 10.2. The Hall–Kier alpha value is -3.39. The summed E-state index contributed by atoms with van der Waals surface area (Å²) in [6, 6.07) is 5.72. The molecule has 0 aliphatic heterocycles. The monoisotopic (exact) mass is 316 g/mol. The lowest BCUT2D eigenvalue weighted by Crippen LogP contribution is -2.07. The summed E-state index contributed by atoms with van der Waals surface area (Å²) in [5.41, 5.74) is 4.04. The molecule has 1 amide bonds. The summed E-state index contributed by atoms with van der Waals surface area (Å²) in [5, 5.41) is 3.58. The minimum absolute atomic E-state index is 0.274. The molecule has 3 aromatic heterocycles. The molecule has 1 N–H and O–H groups in total. The largest absolute Gasteiger partial charge is 0.334 e. The molecule has 3 heterocycles. The third kappa shape index (κ3) is 3.18. The smallest absolute Gasteiger partial charge is 0.247 e. The normalized spacial score (nSPS) is 10.1. The quantitative estimate of drug-likeness (QED) is 0.584. The summed E-state index contributed by atoms with van der Waals surface area (Å²) in [6.07, 6.45) is 6.54. The Bertz CT molecular complexity index is 988. The molecule has 0 spiro atoms. The first-order chi connectivity index (χ1) is 11.6. The van der Waals surface area contributed by atoms with E-state index >= 15 is 0 Å². The zero-order valence-electron chi connectivity index (χ0n) is 13.5. The van der Waals surface area contributed by atoms with Gasteiger partial charge in [-0.05, 0) is 36.6 Å². The molecule has 3 aromatic rings. The number of amides is 1. The molecule has 0 saturated carbocycles. The summed E-state index contributed by atoms with van der Waals surface area (Å²) < 4.78 is 1.90. The minimum atomic E-state index is -0.274. The van der Waals surface area contributed by atoms with Crippen LogP contribution < -0.4 is 5.32 Å². The molecule has 0 saturated heterocycles. The van der Waals surface area contributed by atoms with Crippen molar-refractivity contribution in [1.82, 2.24) is 14.5 Å². The van der Waals surface area contributed by atoms with Gasteiger partial charge in [-0.2, -0.15) is 0 Å². The summed E-state index contributed by atoms with van der Waals surface area (Å²) in [5.74, 6) is 5.92. The fourth-order valence-corrected chi connectivity index (χ4v) is 2.30. The van der Waals surface area contributed by atoms with Crippen molar-refractivity contribution in [3.63, 3.8) is 0 Å². The van der Waals surface area contributed by atoms with Crippen molar-refractivity contribution >= 4 is 22.6 Å². The highest BCUT2D eigenvalue weighted by Gasteiger charge is 2.08. The second-order valence-electron chi connectivity index (χ2n) is 5.41. The fourth-order valence-electron chi connectivity index (χ4n) is 2.30. The maximum absolute atomic E-state index is 11.4. The standard InChI is InChI=1S/C19H16N4O/c1-4-18(24)22-16-9-17-14(12-23(3)19(17)21-11-16)6-8-15-7-5-13(2)10-20-15/h4-5,7,9-12H,1H2,2-3H3,(H,22,24). The third-order valence-electron chi connectivity index (χ3n) is 3.50. The third-order valence-corrected chi connectivity index (χ3v) is 3.50. The number of aromatic nitrogens is 3. The van der Waals surface area contributed by atoms with Crippen molar-refractivity contribution in [1.29, 1.82) is 0 Å². The molecular weight excluding hydrogens is 300 g/mol. The SMILES string of the molecule is C=CC(=O)Nc1cnc2c(c1)c(C#Cc1ccc(C)cn1)cn2C.